The van der Waals surface area contributed by atoms with Gasteiger partial charge in [-0.05, 0) is 20.3 Å². The Bertz CT molecular complexity index is 843. The number of fused-ring (bicyclic) bond motifs is 1. The number of alkyl halides is 3. The van der Waals surface area contributed by atoms with Gasteiger partial charge in [-0.15, -0.1) is 5.10 Å². The lowest BCUT2D eigenvalue weighted by atomic mass is 10.2. The smallest absolute Gasteiger partial charge is 0.354 e. The summed E-state index contributed by atoms with van der Waals surface area (Å²) in [5.41, 5.74) is 0.569. The highest BCUT2D eigenvalue weighted by molar-refractivity contribution is 5.78. The molecule has 1 amide bonds. The van der Waals surface area contributed by atoms with E-state index >= 15 is 0 Å². The van der Waals surface area contributed by atoms with Crippen LogP contribution >= 0.6 is 0 Å². The van der Waals surface area contributed by atoms with Gasteiger partial charge in [-0.3, -0.25) is 9.69 Å². The molecular formula is C17H24F3N7O. The lowest BCUT2D eigenvalue weighted by Gasteiger charge is -2.35. The van der Waals surface area contributed by atoms with Crippen molar-refractivity contribution in [3.8, 4) is 0 Å². The summed E-state index contributed by atoms with van der Waals surface area (Å²) in [7, 11) is 0. The fraction of sp³-hybridized carbons (Fsp3) is 0.647. The molecule has 0 radical (unpaired) electrons. The summed E-state index contributed by atoms with van der Waals surface area (Å²) in [6.07, 6.45) is -3.75. The zero-order chi connectivity index (χ0) is 20.5. The average Bonchev–Trinajstić information content (AvgIpc) is 3.05. The number of halogens is 3. The molecule has 2 aromatic rings. The number of nitrogens with one attached hydrogen (secondary N) is 1. The third-order valence-corrected chi connectivity index (χ3v) is 4.76. The van der Waals surface area contributed by atoms with Gasteiger partial charge in [-0.1, -0.05) is 6.92 Å². The van der Waals surface area contributed by atoms with E-state index in [0.717, 1.165) is 10.9 Å². The molecule has 0 aliphatic carbocycles. The van der Waals surface area contributed by atoms with Gasteiger partial charge < -0.3 is 10.2 Å². The van der Waals surface area contributed by atoms with Crippen LogP contribution in [0.2, 0.25) is 0 Å². The van der Waals surface area contributed by atoms with Gasteiger partial charge >= 0.3 is 6.18 Å². The van der Waals surface area contributed by atoms with Crippen LogP contribution in [0.1, 0.15) is 31.8 Å². The average molecular weight is 399 g/mol. The van der Waals surface area contributed by atoms with Crippen molar-refractivity contribution in [1.82, 2.24) is 29.8 Å². The Morgan fingerprint density at radius 3 is 2.54 bits per heavy atom. The molecule has 0 unspecified atom stereocenters. The maximum absolute atomic E-state index is 13.0. The van der Waals surface area contributed by atoms with Crippen molar-refractivity contribution >= 4 is 17.5 Å². The molecule has 1 aliphatic rings. The van der Waals surface area contributed by atoms with E-state index in [1.807, 2.05) is 23.6 Å². The van der Waals surface area contributed by atoms with E-state index in [1.54, 1.807) is 13.0 Å². The monoisotopic (exact) mass is 399 g/mol. The predicted molar refractivity (Wildman–Crippen MR) is 97.1 cm³/mol. The zero-order valence-electron chi connectivity index (χ0n) is 16.1. The summed E-state index contributed by atoms with van der Waals surface area (Å²) in [4.78, 5) is 23.6. The Hall–Kier alpha value is -2.43. The highest BCUT2D eigenvalue weighted by Crippen LogP contribution is 2.28. The predicted octanol–water partition coefficient (Wildman–Crippen LogP) is 1.49. The molecule has 11 heteroatoms. The van der Waals surface area contributed by atoms with Crippen molar-refractivity contribution in [3.63, 3.8) is 0 Å². The van der Waals surface area contributed by atoms with E-state index in [4.69, 9.17) is 0 Å². The van der Waals surface area contributed by atoms with E-state index in [1.165, 1.54) is 0 Å². The van der Waals surface area contributed by atoms with Crippen LogP contribution in [-0.2, 0) is 11.0 Å². The molecule has 1 saturated heterocycles. The molecule has 0 bridgehead atoms. The minimum atomic E-state index is -4.62. The van der Waals surface area contributed by atoms with Gasteiger partial charge in [0.05, 0.1) is 6.54 Å². The maximum atomic E-state index is 13.0. The van der Waals surface area contributed by atoms with Crippen LogP contribution in [0.15, 0.2) is 6.07 Å². The Kier molecular flexibility index (Phi) is 5.73. The van der Waals surface area contributed by atoms with Crippen molar-refractivity contribution < 1.29 is 18.0 Å². The molecule has 0 saturated carbocycles. The van der Waals surface area contributed by atoms with Gasteiger partial charge in [0, 0.05) is 44.0 Å². The van der Waals surface area contributed by atoms with Gasteiger partial charge in [0.2, 0.25) is 5.91 Å². The van der Waals surface area contributed by atoms with Gasteiger partial charge in [0.25, 0.3) is 11.6 Å². The molecule has 1 fully saturated rings. The number of aryl methyl sites for hydroxylation is 1. The molecule has 0 spiro atoms. The zero-order valence-corrected chi connectivity index (χ0v) is 16.1. The van der Waals surface area contributed by atoms with Crippen molar-refractivity contribution in [1.29, 1.82) is 0 Å². The highest BCUT2D eigenvalue weighted by atomic mass is 19.4. The fourth-order valence-electron chi connectivity index (χ4n) is 3.07. The Balaban J connectivity index is 1.71. The van der Waals surface area contributed by atoms with E-state index < -0.39 is 12.0 Å². The number of piperazine rings is 1. The van der Waals surface area contributed by atoms with Crippen LogP contribution in [0.5, 0.6) is 0 Å². The first-order valence-electron chi connectivity index (χ1n) is 9.25. The number of rotatable bonds is 5. The molecule has 1 N–H and O–H groups in total. The number of carbonyl (C=O) groups excluding carboxylic acids is 1. The third-order valence-electron chi connectivity index (χ3n) is 4.76. The van der Waals surface area contributed by atoms with Crippen molar-refractivity contribution in [3.05, 3.63) is 17.6 Å². The molecule has 154 valence electrons. The number of nitrogens with zero attached hydrogens (tertiary/aromatic N) is 6. The van der Waals surface area contributed by atoms with Crippen LogP contribution in [-0.4, -0.2) is 69.2 Å². The second-order valence-electron chi connectivity index (χ2n) is 7.04. The highest BCUT2D eigenvalue weighted by Gasteiger charge is 2.37. The Morgan fingerprint density at radius 2 is 1.93 bits per heavy atom. The second-order valence-corrected chi connectivity index (χ2v) is 7.04. The Labute approximate surface area is 160 Å². The number of aromatic nitrogens is 4. The van der Waals surface area contributed by atoms with Crippen LogP contribution in [0.3, 0.4) is 0 Å². The van der Waals surface area contributed by atoms with Crippen LogP contribution in [0, 0.1) is 6.92 Å². The fourth-order valence-corrected chi connectivity index (χ4v) is 3.07. The summed E-state index contributed by atoms with van der Waals surface area (Å²) in [5, 5.41) is 6.55. The summed E-state index contributed by atoms with van der Waals surface area (Å²) in [6, 6.07) is 1.84. The first kappa shape index (κ1) is 20.3. The van der Waals surface area contributed by atoms with E-state index in [-0.39, 0.29) is 17.7 Å². The number of hydrogen-bond acceptors (Lipinski definition) is 6. The second kappa shape index (κ2) is 7.90. The molecule has 0 aromatic carbocycles. The topological polar surface area (TPSA) is 78.7 Å². The molecule has 2 aromatic heterocycles. The number of anilines is 1. The number of carbonyl (C=O) groups is 1. The first-order chi connectivity index (χ1) is 13.2. The lowest BCUT2D eigenvalue weighted by Crippen LogP contribution is -2.50. The molecule has 8 nitrogen and oxygen atoms in total. The van der Waals surface area contributed by atoms with E-state index in [0.29, 0.717) is 44.2 Å². The molecule has 28 heavy (non-hydrogen) atoms. The quantitative estimate of drug-likeness (QED) is 0.821. The maximum Gasteiger partial charge on any atom is 0.453 e. The van der Waals surface area contributed by atoms with Crippen LogP contribution in [0.25, 0.3) is 5.78 Å². The molecular weight excluding hydrogens is 375 g/mol. The van der Waals surface area contributed by atoms with Gasteiger partial charge in [0.1, 0.15) is 5.82 Å². The summed E-state index contributed by atoms with van der Waals surface area (Å²) in [5.74, 6) is -0.768. The molecule has 3 heterocycles. The van der Waals surface area contributed by atoms with Crippen LogP contribution in [0.4, 0.5) is 19.0 Å². The minimum absolute atomic E-state index is 0.0176. The number of amides is 1. The van der Waals surface area contributed by atoms with Crippen LogP contribution < -0.4 is 10.2 Å². The SMILES string of the molecule is CC[C@@H](C)NC(=O)CN1CCN(c2cc(C)nc3nc(C(F)(F)F)nn23)CC1. The first-order valence-corrected chi connectivity index (χ1v) is 9.25. The summed E-state index contributed by atoms with van der Waals surface area (Å²) in [6.45, 7) is 8.36. The van der Waals surface area contributed by atoms with Crippen molar-refractivity contribution in [2.75, 3.05) is 37.6 Å². The lowest BCUT2D eigenvalue weighted by molar-refractivity contribution is -0.144. The molecule has 1 aliphatic heterocycles. The number of hydrogen-bond donors (Lipinski definition) is 1. The largest absolute Gasteiger partial charge is 0.453 e. The normalized spacial score (nSPS) is 17.1. The summed E-state index contributed by atoms with van der Waals surface area (Å²) >= 11 is 0. The van der Waals surface area contributed by atoms with Gasteiger partial charge in [-0.25, -0.2) is 4.98 Å². The van der Waals surface area contributed by atoms with Gasteiger partial charge in [-0.2, -0.15) is 22.7 Å². The van der Waals surface area contributed by atoms with Gasteiger partial charge in [0.15, 0.2) is 0 Å². The van der Waals surface area contributed by atoms with E-state index in [9.17, 15) is 18.0 Å². The minimum Gasteiger partial charge on any atom is -0.354 e. The van der Waals surface area contributed by atoms with Crippen molar-refractivity contribution in [2.24, 2.45) is 0 Å². The van der Waals surface area contributed by atoms with Crippen molar-refractivity contribution in [2.45, 2.75) is 39.4 Å². The third kappa shape index (κ3) is 4.51. The standard InChI is InChI=1S/C17H24F3N7O/c1-4-11(2)21-13(28)10-25-5-7-26(8-6-25)14-9-12(3)22-16-23-15(17(18,19)20)24-27(14)16/h9,11H,4-8,10H2,1-3H3,(H,21,28)/t11-/m1/s1. The molecule has 3 rings (SSSR count). The molecule has 1 atom stereocenters. The Morgan fingerprint density at radius 1 is 1.25 bits per heavy atom. The summed E-state index contributed by atoms with van der Waals surface area (Å²) < 4.78 is 40.0. The van der Waals surface area contributed by atoms with E-state index in [2.05, 4.69) is 20.4 Å².